The summed E-state index contributed by atoms with van der Waals surface area (Å²) in [5.41, 5.74) is 0. The van der Waals surface area contributed by atoms with Crippen LogP contribution in [-0.4, -0.2) is 18.6 Å². The van der Waals surface area contributed by atoms with Crippen LogP contribution in [0.25, 0.3) is 0 Å². The average molecular weight is 357 g/mol. The Hall–Kier alpha value is -0.300. The van der Waals surface area contributed by atoms with Gasteiger partial charge in [0, 0.05) is 0 Å². The van der Waals surface area contributed by atoms with Crippen molar-refractivity contribution in [1.29, 1.82) is 0 Å². The van der Waals surface area contributed by atoms with E-state index in [2.05, 4.69) is 16.1 Å². The van der Waals surface area contributed by atoms with Gasteiger partial charge in [0.15, 0.2) is 0 Å². The van der Waals surface area contributed by atoms with Gasteiger partial charge in [0.05, 0.1) is 13.2 Å². The number of allylic oxidation sites excluding steroid dienone is 1. The average Bonchev–Trinajstić information content (AvgIpc) is 2.35. The van der Waals surface area contributed by atoms with E-state index in [0.29, 0.717) is 25.7 Å². The van der Waals surface area contributed by atoms with Gasteiger partial charge < -0.3 is 4.52 Å². The van der Waals surface area contributed by atoms with Crippen LogP contribution in [0.1, 0.15) is 39.5 Å². The lowest BCUT2D eigenvalue weighted by atomic mass is 10.4. The molecule has 0 aliphatic heterocycles. The van der Waals surface area contributed by atoms with Crippen LogP contribution in [0.15, 0.2) is 11.8 Å². The zero-order chi connectivity index (χ0) is 16.5. The normalized spacial score (nSPS) is 12.3. The van der Waals surface area contributed by atoms with E-state index in [9.17, 15) is 22.1 Å². The van der Waals surface area contributed by atoms with Crippen molar-refractivity contribution in [2.24, 2.45) is 0 Å². The molecule has 0 rings (SSSR count). The minimum absolute atomic E-state index is 0.144. The van der Waals surface area contributed by atoms with Crippen LogP contribution in [0.3, 0.4) is 0 Å². The summed E-state index contributed by atoms with van der Waals surface area (Å²) in [5.74, 6) is -2.22. The molecular formula is C11H18ClF4O4P. The maximum Gasteiger partial charge on any atom is 0.530 e. The maximum atomic E-state index is 12.8. The van der Waals surface area contributed by atoms with Crippen molar-refractivity contribution in [3.8, 4) is 0 Å². The van der Waals surface area contributed by atoms with E-state index >= 15 is 0 Å². The van der Waals surface area contributed by atoms with E-state index in [4.69, 9.17) is 9.05 Å². The van der Waals surface area contributed by atoms with Gasteiger partial charge in [0.2, 0.25) is 0 Å². The molecule has 0 amide bonds. The van der Waals surface area contributed by atoms with Gasteiger partial charge in [-0.3, -0.25) is 9.05 Å². The first-order valence-corrected chi connectivity index (χ1v) is 8.21. The van der Waals surface area contributed by atoms with Crippen LogP contribution in [0.4, 0.5) is 17.6 Å². The first kappa shape index (κ1) is 20.7. The molecule has 126 valence electrons. The Bertz CT molecular complexity index is 369. The van der Waals surface area contributed by atoms with Crippen LogP contribution in [0.2, 0.25) is 0 Å². The number of rotatable bonds is 11. The molecule has 4 nitrogen and oxygen atoms in total. The molecule has 0 aliphatic rings. The van der Waals surface area contributed by atoms with E-state index in [1.165, 1.54) is 0 Å². The van der Waals surface area contributed by atoms with Crippen molar-refractivity contribution < 1.29 is 35.7 Å². The molecule has 0 unspecified atom stereocenters. The van der Waals surface area contributed by atoms with Crippen molar-refractivity contribution in [3.63, 3.8) is 0 Å². The Morgan fingerprint density at radius 3 is 1.81 bits per heavy atom. The molecule has 0 fully saturated rings. The van der Waals surface area contributed by atoms with E-state index in [0.717, 1.165) is 0 Å². The van der Waals surface area contributed by atoms with Crippen LogP contribution in [0, 0.1) is 0 Å². The van der Waals surface area contributed by atoms with Gasteiger partial charge in [0.1, 0.15) is 0 Å². The zero-order valence-corrected chi connectivity index (χ0v) is 13.4. The smallest absolute Gasteiger partial charge is 0.395 e. The molecular weight excluding hydrogens is 339 g/mol. The highest BCUT2D eigenvalue weighted by Crippen LogP contribution is 2.54. The summed E-state index contributed by atoms with van der Waals surface area (Å²) in [6, 6.07) is 0. The Morgan fingerprint density at radius 1 is 1.10 bits per heavy atom. The summed E-state index contributed by atoms with van der Waals surface area (Å²) in [6.45, 7) is 3.31. The molecule has 0 aliphatic carbocycles. The minimum Gasteiger partial charge on any atom is -0.395 e. The summed E-state index contributed by atoms with van der Waals surface area (Å²) < 4.78 is 76.3. The number of hydrogen-bond acceptors (Lipinski definition) is 4. The monoisotopic (exact) mass is 356 g/mol. The van der Waals surface area contributed by atoms with Gasteiger partial charge in [-0.2, -0.15) is 17.6 Å². The number of hydrogen-bond donors (Lipinski definition) is 0. The highest BCUT2D eigenvalue weighted by molar-refractivity contribution is 7.48. The van der Waals surface area contributed by atoms with E-state index in [-0.39, 0.29) is 13.2 Å². The topological polar surface area (TPSA) is 44.8 Å². The quantitative estimate of drug-likeness (QED) is 0.157. The van der Waals surface area contributed by atoms with Crippen LogP contribution in [-0.2, 0) is 18.1 Å². The van der Waals surface area contributed by atoms with Gasteiger partial charge in [-0.05, 0) is 24.4 Å². The molecule has 10 heteroatoms. The molecule has 0 radical (unpaired) electrons. The number of phosphoric ester groups is 1. The molecule has 0 aromatic heterocycles. The van der Waals surface area contributed by atoms with Gasteiger partial charge in [-0.15, -0.1) is 0 Å². The van der Waals surface area contributed by atoms with Crippen LogP contribution in [0.5, 0.6) is 0 Å². The lowest BCUT2D eigenvalue weighted by molar-refractivity contribution is 0.0508. The molecule has 0 N–H and O–H groups in total. The second-order valence-corrected chi connectivity index (χ2v) is 6.07. The van der Waals surface area contributed by atoms with Gasteiger partial charge in [0.25, 0.3) is 5.76 Å². The molecule has 0 aromatic rings. The van der Waals surface area contributed by atoms with Crippen molar-refractivity contribution >= 4 is 19.4 Å². The summed E-state index contributed by atoms with van der Waals surface area (Å²) >= 11 is 4.49. The minimum atomic E-state index is -4.59. The van der Waals surface area contributed by atoms with Crippen molar-refractivity contribution in [3.05, 3.63) is 11.8 Å². The molecule has 0 saturated heterocycles. The first-order chi connectivity index (χ1) is 9.66. The Balaban J connectivity index is 5.02. The third-order valence-electron chi connectivity index (χ3n) is 2.13. The fraction of sp³-hybridized carbons (Fsp3) is 0.818. The van der Waals surface area contributed by atoms with Crippen molar-refractivity contribution in [1.82, 2.24) is 0 Å². The maximum absolute atomic E-state index is 12.8. The molecule has 0 aromatic carbocycles. The largest absolute Gasteiger partial charge is 0.530 e. The fourth-order valence-electron chi connectivity index (χ4n) is 1.04. The fourth-order valence-corrected chi connectivity index (χ4v) is 2.49. The standard InChI is InChI=1S/C11H18ClF4O4P/c1-3-5-7-18-21(17,19-8-6-4-2)20-9(10(13)14)11(12,15)16/h3-8H2,1-2H3. The van der Waals surface area contributed by atoms with E-state index < -0.39 is 25.0 Å². The molecule has 21 heavy (non-hydrogen) atoms. The predicted octanol–water partition coefficient (Wildman–Crippen LogP) is 5.68. The Labute approximate surface area is 126 Å². The SMILES string of the molecule is CCCCOP(=O)(OCCCC)OC(=C(F)F)C(F)(F)Cl. The van der Waals surface area contributed by atoms with Crippen molar-refractivity contribution in [2.45, 2.75) is 44.9 Å². The Morgan fingerprint density at radius 2 is 1.52 bits per heavy atom. The van der Waals surface area contributed by atoms with E-state index in [1.807, 2.05) is 0 Å². The third-order valence-corrected chi connectivity index (χ3v) is 3.70. The number of alkyl halides is 3. The van der Waals surface area contributed by atoms with Gasteiger partial charge >= 0.3 is 19.3 Å². The molecule has 0 bridgehead atoms. The van der Waals surface area contributed by atoms with Crippen LogP contribution >= 0.6 is 19.4 Å². The summed E-state index contributed by atoms with van der Waals surface area (Å²) in [7, 11) is -4.59. The van der Waals surface area contributed by atoms with Crippen LogP contribution < -0.4 is 0 Å². The predicted molar refractivity (Wildman–Crippen MR) is 70.5 cm³/mol. The van der Waals surface area contributed by atoms with Crippen molar-refractivity contribution in [2.75, 3.05) is 13.2 Å². The van der Waals surface area contributed by atoms with Gasteiger partial charge in [-0.1, -0.05) is 26.7 Å². The number of phosphoric acid groups is 1. The molecule has 0 saturated carbocycles. The second-order valence-electron chi connectivity index (χ2n) is 4.00. The first-order valence-electron chi connectivity index (χ1n) is 6.37. The summed E-state index contributed by atoms with van der Waals surface area (Å²) in [4.78, 5) is 0. The molecule has 0 heterocycles. The van der Waals surface area contributed by atoms with E-state index in [1.54, 1.807) is 13.8 Å². The summed E-state index contributed by atoms with van der Waals surface area (Å²) in [5, 5.41) is -4.52. The number of halogens is 5. The molecule has 0 spiro atoms. The second kappa shape index (κ2) is 9.66. The highest BCUT2D eigenvalue weighted by Gasteiger charge is 2.44. The summed E-state index contributed by atoms with van der Waals surface area (Å²) in [6.07, 6.45) is -0.729. The van der Waals surface area contributed by atoms with Gasteiger partial charge in [-0.25, -0.2) is 4.57 Å². The number of unbranched alkanes of at least 4 members (excludes halogenated alkanes) is 2. The highest BCUT2D eigenvalue weighted by atomic mass is 35.5. The lowest BCUT2D eigenvalue weighted by Crippen LogP contribution is -2.15. The zero-order valence-electron chi connectivity index (χ0n) is 11.7. The lowest BCUT2D eigenvalue weighted by Gasteiger charge is -2.21. The Kier molecular flexibility index (Phi) is 9.53. The third kappa shape index (κ3) is 8.66. The molecule has 0 atom stereocenters.